The topological polar surface area (TPSA) is 61.7 Å². The molecule has 7 nitrogen and oxygen atoms in total. The molecule has 1 amide bonds. The van der Waals surface area contributed by atoms with E-state index in [-0.39, 0.29) is 28.6 Å². The number of fused-ring (bicyclic) bond motifs is 1. The van der Waals surface area contributed by atoms with E-state index in [1.165, 1.54) is 30.0 Å². The molecule has 4 heterocycles. The van der Waals surface area contributed by atoms with Crippen LogP contribution in [-0.4, -0.2) is 68.7 Å². The van der Waals surface area contributed by atoms with Crippen LogP contribution in [-0.2, 0) is 11.3 Å². The lowest BCUT2D eigenvalue weighted by molar-refractivity contribution is -0.128. The Morgan fingerprint density at radius 3 is 2.73 bits per heavy atom. The van der Waals surface area contributed by atoms with Crippen LogP contribution in [0.15, 0.2) is 46.6 Å². The quantitative estimate of drug-likeness (QED) is 0.387. The molecule has 12 heteroatoms. The van der Waals surface area contributed by atoms with Crippen molar-refractivity contribution in [3.05, 3.63) is 64.1 Å². The van der Waals surface area contributed by atoms with E-state index in [1.54, 1.807) is 15.5 Å². The number of aryl methyl sites for hydroxylation is 1. The molecule has 3 aromatic rings. The summed E-state index contributed by atoms with van der Waals surface area (Å²) in [6.45, 7) is 6.11. The lowest BCUT2D eigenvalue weighted by Crippen LogP contribution is -2.61. The zero-order valence-electron chi connectivity index (χ0n) is 19.5. The first-order valence-corrected chi connectivity index (χ1v) is 13.5. The Hall–Kier alpha value is -2.60. The summed E-state index contributed by atoms with van der Waals surface area (Å²) in [7, 11) is 0. The van der Waals surface area contributed by atoms with Gasteiger partial charge in [0.15, 0.2) is 0 Å². The molecule has 0 bridgehead atoms. The Kier molecular flexibility index (Phi) is 6.21. The van der Waals surface area contributed by atoms with Crippen molar-refractivity contribution in [1.29, 1.82) is 0 Å². The number of benzene rings is 2. The van der Waals surface area contributed by atoms with E-state index in [4.69, 9.17) is 11.6 Å². The summed E-state index contributed by atoms with van der Waals surface area (Å²) in [5.41, 5.74) is 0.839. The number of amides is 1. The third kappa shape index (κ3) is 3.94. The van der Waals surface area contributed by atoms with E-state index in [0.29, 0.717) is 65.7 Å². The summed E-state index contributed by atoms with van der Waals surface area (Å²) in [5, 5.41) is 0.966. The molecule has 0 saturated carbocycles. The Morgan fingerprint density at radius 1 is 1.19 bits per heavy atom. The van der Waals surface area contributed by atoms with Gasteiger partial charge in [0.2, 0.25) is 5.91 Å². The van der Waals surface area contributed by atoms with Crippen LogP contribution in [0.4, 0.5) is 14.6 Å². The highest BCUT2D eigenvalue weighted by molar-refractivity contribution is 7.99. The second-order valence-corrected chi connectivity index (χ2v) is 11.3. The Labute approximate surface area is 226 Å². The fourth-order valence-corrected chi connectivity index (χ4v) is 7.57. The highest BCUT2D eigenvalue weighted by Crippen LogP contribution is 2.46. The average Bonchev–Trinajstić information content (AvgIpc) is 3.27. The van der Waals surface area contributed by atoms with Gasteiger partial charge >= 0.3 is 5.69 Å². The number of halogens is 3. The molecule has 0 aliphatic carbocycles. The van der Waals surface area contributed by atoms with Crippen molar-refractivity contribution >= 4 is 58.8 Å². The largest absolute Gasteiger partial charge is 0.350 e. The molecule has 2 fully saturated rings. The number of thiol groups is 1. The SMILES string of the molecule is C=CC(=O)N1CCN(c2nc(=O)n3c4c(c(-c5ccc(F)cc5F)c(Cl)cc24)SCC3)C2CN(S)CC21. The highest BCUT2D eigenvalue weighted by Gasteiger charge is 2.45. The number of rotatable bonds is 3. The fourth-order valence-electron chi connectivity index (χ4n) is 5.67. The zero-order chi connectivity index (χ0) is 26.0. The van der Waals surface area contributed by atoms with E-state index in [2.05, 4.69) is 29.3 Å². The van der Waals surface area contributed by atoms with Gasteiger partial charge in [-0.3, -0.25) is 9.36 Å². The van der Waals surface area contributed by atoms with Gasteiger partial charge in [0, 0.05) is 66.0 Å². The lowest BCUT2D eigenvalue weighted by atomic mass is 10.0. The summed E-state index contributed by atoms with van der Waals surface area (Å²) in [4.78, 5) is 34.8. The summed E-state index contributed by atoms with van der Waals surface area (Å²) in [5.74, 6) is -0.481. The number of aromatic nitrogens is 2. The first kappa shape index (κ1) is 24.7. The van der Waals surface area contributed by atoms with Crippen LogP contribution in [0.1, 0.15) is 0 Å². The molecule has 0 radical (unpaired) electrons. The van der Waals surface area contributed by atoms with Crippen molar-refractivity contribution in [2.45, 2.75) is 23.5 Å². The predicted molar refractivity (Wildman–Crippen MR) is 144 cm³/mol. The van der Waals surface area contributed by atoms with E-state index >= 15 is 0 Å². The smallest absolute Gasteiger partial charge is 0.348 e. The molecular formula is C25H22ClF2N5O2S2. The fraction of sp³-hybridized carbons (Fsp3) is 0.320. The number of carbonyl (C=O) groups excluding carboxylic acids is 1. The molecule has 2 aromatic carbocycles. The minimum Gasteiger partial charge on any atom is -0.348 e. The standard InChI is InChI=1S/C25H22ClF2N5O2S2/c1-2-20(34)31-5-6-32(19-12-30(36)11-18(19)31)24-15-10-16(26)21(14-4-3-13(27)9-17(14)28)23-22(15)33(7-8-37-23)25(35)29-24/h2-4,9-10,18-19,36H,1,5-8,11-12H2. The normalized spacial score (nSPS) is 21.4. The molecule has 3 aliphatic heterocycles. The third-order valence-corrected chi connectivity index (χ3v) is 8.96. The van der Waals surface area contributed by atoms with Crippen LogP contribution in [0.2, 0.25) is 5.02 Å². The van der Waals surface area contributed by atoms with Gasteiger partial charge in [-0.25, -0.2) is 17.9 Å². The van der Waals surface area contributed by atoms with Crippen LogP contribution in [0, 0.1) is 11.6 Å². The monoisotopic (exact) mass is 561 g/mol. The lowest BCUT2D eigenvalue weighted by Gasteiger charge is -2.44. The van der Waals surface area contributed by atoms with Gasteiger partial charge in [-0.05, 0) is 24.3 Å². The molecular weight excluding hydrogens is 540 g/mol. The van der Waals surface area contributed by atoms with Gasteiger partial charge in [-0.1, -0.05) is 31.0 Å². The summed E-state index contributed by atoms with van der Waals surface area (Å²) in [6.07, 6.45) is 1.31. The molecule has 0 N–H and O–H groups in total. The van der Waals surface area contributed by atoms with Crippen LogP contribution >= 0.6 is 36.2 Å². The first-order chi connectivity index (χ1) is 17.8. The van der Waals surface area contributed by atoms with Crippen LogP contribution in [0.3, 0.4) is 0 Å². The van der Waals surface area contributed by atoms with E-state index in [9.17, 15) is 18.4 Å². The minimum atomic E-state index is -0.725. The van der Waals surface area contributed by atoms with E-state index < -0.39 is 17.3 Å². The molecule has 0 spiro atoms. The Morgan fingerprint density at radius 2 is 1.97 bits per heavy atom. The maximum Gasteiger partial charge on any atom is 0.350 e. The molecule has 37 heavy (non-hydrogen) atoms. The second kappa shape index (κ2) is 9.30. The number of anilines is 1. The minimum absolute atomic E-state index is 0.145. The van der Waals surface area contributed by atoms with E-state index in [0.717, 1.165) is 6.07 Å². The Bertz CT molecular complexity index is 1530. The number of hydrogen-bond acceptors (Lipinski definition) is 7. The van der Waals surface area contributed by atoms with Gasteiger partial charge in [-0.15, -0.1) is 11.8 Å². The van der Waals surface area contributed by atoms with Crippen LogP contribution < -0.4 is 10.6 Å². The highest BCUT2D eigenvalue weighted by atomic mass is 35.5. The predicted octanol–water partition coefficient (Wildman–Crippen LogP) is 3.83. The van der Waals surface area contributed by atoms with Crippen molar-refractivity contribution in [3.8, 4) is 11.1 Å². The van der Waals surface area contributed by atoms with Crippen LogP contribution in [0.25, 0.3) is 22.0 Å². The molecule has 2 atom stereocenters. The molecule has 6 rings (SSSR count). The van der Waals surface area contributed by atoms with Crippen molar-refractivity contribution in [1.82, 2.24) is 18.8 Å². The zero-order valence-corrected chi connectivity index (χ0v) is 22.0. The summed E-state index contributed by atoms with van der Waals surface area (Å²) >= 11 is 12.8. The van der Waals surface area contributed by atoms with Gasteiger partial charge in [0.25, 0.3) is 0 Å². The molecule has 3 aliphatic rings. The van der Waals surface area contributed by atoms with Crippen molar-refractivity contribution in [2.24, 2.45) is 0 Å². The van der Waals surface area contributed by atoms with Crippen molar-refractivity contribution in [2.75, 3.05) is 36.8 Å². The number of nitrogens with zero attached hydrogens (tertiary/aromatic N) is 5. The number of hydrogen-bond donors (Lipinski definition) is 1. The first-order valence-electron chi connectivity index (χ1n) is 11.8. The van der Waals surface area contributed by atoms with Gasteiger partial charge in [-0.2, -0.15) is 4.98 Å². The average molecular weight is 562 g/mol. The van der Waals surface area contributed by atoms with Gasteiger partial charge in [0.1, 0.15) is 17.5 Å². The number of thioether (sulfide) groups is 1. The molecule has 192 valence electrons. The van der Waals surface area contributed by atoms with Gasteiger partial charge in [0.05, 0.1) is 22.6 Å². The van der Waals surface area contributed by atoms with Crippen molar-refractivity contribution < 1.29 is 13.6 Å². The van der Waals surface area contributed by atoms with E-state index in [1.807, 2.05) is 4.31 Å². The maximum absolute atomic E-state index is 14.9. The summed E-state index contributed by atoms with van der Waals surface area (Å²) in [6, 6.07) is 4.81. The van der Waals surface area contributed by atoms with Crippen molar-refractivity contribution in [3.63, 3.8) is 0 Å². The molecule has 2 unspecified atom stereocenters. The molecule has 2 saturated heterocycles. The van der Waals surface area contributed by atoms with Crippen LogP contribution in [0.5, 0.6) is 0 Å². The number of carbonyl (C=O) groups is 1. The maximum atomic E-state index is 14.9. The number of piperazine rings is 1. The third-order valence-electron chi connectivity index (χ3n) is 7.26. The van der Waals surface area contributed by atoms with Gasteiger partial charge < -0.3 is 9.80 Å². The Balaban J connectivity index is 1.56. The second-order valence-electron chi connectivity index (χ2n) is 9.24. The molecule has 1 aromatic heterocycles. The summed E-state index contributed by atoms with van der Waals surface area (Å²) < 4.78 is 32.0.